The standard InChI is InChI=1S/C39H59N5O6S/c1-7-50-33(37-41-30(24-51-37)35(45)40-29(21-26(4)39(48)49)22-27-15-9-8-10-16-27)23-32(25(2)3)44(6)38(47)34(28-17-11-12-18-28)42-36(46)31-19-13-14-20-43(31)5/h8-10,15-16,24-26,28-29,31-34H,7,11-14,17-23H2,1-6H3,(H,40,45)(H,42,46)(H,48,49)/t26-,29+,31+,32+,33+,34-/m0/s1. The number of amides is 3. The van der Waals surface area contributed by atoms with Gasteiger partial charge in [0.1, 0.15) is 22.8 Å². The molecule has 6 atom stereocenters. The molecule has 1 aliphatic heterocycles. The van der Waals surface area contributed by atoms with Crippen LogP contribution in [0.5, 0.6) is 0 Å². The van der Waals surface area contributed by atoms with Crippen LogP contribution in [0.25, 0.3) is 0 Å². The van der Waals surface area contributed by atoms with Gasteiger partial charge in [-0.25, -0.2) is 4.98 Å². The minimum absolute atomic E-state index is 0.0545. The minimum Gasteiger partial charge on any atom is -0.481 e. The van der Waals surface area contributed by atoms with Crippen molar-refractivity contribution in [3.05, 3.63) is 52.0 Å². The normalized spacial score (nSPS) is 19.9. The fraction of sp³-hybridized carbons (Fsp3) is 0.667. The van der Waals surface area contributed by atoms with Gasteiger partial charge in [-0.15, -0.1) is 11.3 Å². The molecule has 2 aromatic rings. The Balaban J connectivity index is 1.49. The second kappa shape index (κ2) is 19.5. The first-order valence-corrected chi connectivity index (χ1v) is 19.7. The van der Waals surface area contributed by atoms with Gasteiger partial charge in [0.25, 0.3) is 5.91 Å². The first-order chi connectivity index (χ1) is 24.4. The summed E-state index contributed by atoms with van der Waals surface area (Å²) in [5.41, 5.74) is 1.26. The molecule has 3 N–H and O–H groups in total. The lowest BCUT2D eigenvalue weighted by Gasteiger charge is -2.38. The molecule has 0 radical (unpaired) electrons. The fourth-order valence-electron chi connectivity index (χ4n) is 7.67. The topological polar surface area (TPSA) is 141 Å². The second-order valence-corrected chi connectivity index (χ2v) is 15.8. The number of carboxylic acid groups (broad SMARTS) is 1. The number of benzene rings is 1. The van der Waals surface area contributed by atoms with E-state index in [1.807, 2.05) is 56.3 Å². The van der Waals surface area contributed by atoms with Gasteiger partial charge >= 0.3 is 5.97 Å². The van der Waals surface area contributed by atoms with Gasteiger partial charge in [0.2, 0.25) is 11.8 Å². The maximum Gasteiger partial charge on any atom is 0.306 e. The highest BCUT2D eigenvalue weighted by Gasteiger charge is 2.39. The van der Waals surface area contributed by atoms with Crippen molar-refractivity contribution in [1.82, 2.24) is 25.4 Å². The van der Waals surface area contributed by atoms with Crippen LogP contribution in [-0.2, 0) is 25.5 Å². The summed E-state index contributed by atoms with van der Waals surface area (Å²) in [4.78, 5) is 61.7. The van der Waals surface area contributed by atoms with E-state index in [1.54, 1.807) is 12.3 Å². The molecule has 282 valence electrons. The molecule has 4 rings (SSSR count). The number of likely N-dealkylation sites (N-methyl/N-ethyl adjacent to an activating group) is 2. The molecule has 12 heteroatoms. The summed E-state index contributed by atoms with van der Waals surface area (Å²) < 4.78 is 6.22. The van der Waals surface area contributed by atoms with E-state index in [0.29, 0.717) is 24.5 Å². The molecule has 2 fully saturated rings. The van der Waals surface area contributed by atoms with Gasteiger partial charge in [-0.3, -0.25) is 24.1 Å². The summed E-state index contributed by atoms with van der Waals surface area (Å²) in [5, 5.41) is 18.2. The van der Waals surface area contributed by atoms with Crippen LogP contribution in [0.2, 0.25) is 0 Å². The number of nitrogens with zero attached hydrogens (tertiary/aromatic N) is 3. The Bertz CT molecular complexity index is 1430. The molecule has 1 saturated heterocycles. The molecular weight excluding hydrogens is 667 g/mol. The zero-order chi connectivity index (χ0) is 37.1. The van der Waals surface area contributed by atoms with E-state index < -0.39 is 30.1 Å². The van der Waals surface area contributed by atoms with E-state index >= 15 is 0 Å². The lowest BCUT2D eigenvalue weighted by Crippen LogP contribution is -2.58. The molecule has 0 bridgehead atoms. The second-order valence-electron chi connectivity index (χ2n) is 14.9. The van der Waals surface area contributed by atoms with Gasteiger partial charge in [0, 0.05) is 37.5 Å². The van der Waals surface area contributed by atoms with Gasteiger partial charge in [-0.1, -0.05) is 70.4 Å². The van der Waals surface area contributed by atoms with Crippen LogP contribution in [0.4, 0.5) is 0 Å². The van der Waals surface area contributed by atoms with Crippen molar-refractivity contribution in [3.8, 4) is 0 Å². The summed E-state index contributed by atoms with van der Waals surface area (Å²) in [7, 11) is 3.82. The predicted molar refractivity (Wildman–Crippen MR) is 199 cm³/mol. The van der Waals surface area contributed by atoms with Crippen LogP contribution in [0, 0.1) is 17.8 Å². The first-order valence-electron chi connectivity index (χ1n) is 18.8. The van der Waals surface area contributed by atoms with Crippen LogP contribution in [0.3, 0.4) is 0 Å². The van der Waals surface area contributed by atoms with E-state index in [-0.39, 0.29) is 53.8 Å². The third-order valence-electron chi connectivity index (χ3n) is 10.7. The molecule has 11 nitrogen and oxygen atoms in total. The summed E-state index contributed by atoms with van der Waals surface area (Å²) >= 11 is 1.34. The third-order valence-corrected chi connectivity index (χ3v) is 11.6. The van der Waals surface area contributed by atoms with Crippen molar-refractivity contribution in [3.63, 3.8) is 0 Å². The number of carbonyl (C=O) groups excluding carboxylic acids is 3. The number of aromatic nitrogens is 1. The average molecular weight is 726 g/mol. The maximum absolute atomic E-state index is 14.4. The minimum atomic E-state index is -0.908. The number of nitrogens with one attached hydrogen (secondary N) is 2. The lowest BCUT2D eigenvalue weighted by molar-refractivity contribution is -0.141. The quantitative estimate of drug-likeness (QED) is 0.178. The number of thiazole rings is 1. The number of hydrogen-bond donors (Lipinski definition) is 3. The highest BCUT2D eigenvalue weighted by atomic mass is 32.1. The van der Waals surface area contributed by atoms with Crippen molar-refractivity contribution in [2.45, 2.75) is 122 Å². The molecule has 2 aliphatic rings. The van der Waals surface area contributed by atoms with Crippen LogP contribution in [0.1, 0.15) is 113 Å². The fourth-order valence-corrected chi connectivity index (χ4v) is 8.53. The Labute approximate surface area is 307 Å². The lowest BCUT2D eigenvalue weighted by atomic mass is 9.92. The van der Waals surface area contributed by atoms with Crippen molar-refractivity contribution >= 4 is 35.0 Å². The molecule has 1 aromatic heterocycles. The predicted octanol–water partition coefficient (Wildman–Crippen LogP) is 5.71. The van der Waals surface area contributed by atoms with E-state index in [4.69, 9.17) is 9.72 Å². The van der Waals surface area contributed by atoms with Crippen LogP contribution in [-0.4, -0.2) is 95.0 Å². The summed E-state index contributed by atoms with van der Waals surface area (Å²) in [5.74, 6) is -1.83. The number of hydrogen-bond acceptors (Lipinski definition) is 8. The SMILES string of the molecule is CCO[C@H](C[C@H](C(C)C)N(C)C(=O)[C@@H](NC(=O)[C@H]1CCCCN1C)C1CCCC1)c1nc(C(=O)N[C@@H](Cc2ccccc2)C[C@H](C)C(=O)O)cs1. The van der Waals surface area contributed by atoms with Gasteiger partial charge in [0.05, 0.1) is 12.0 Å². The summed E-state index contributed by atoms with van der Waals surface area (Å²) in [6.45, 7) is 9.04. The largest absolute Gasteiger partial charge is 0.481 e. The van der Waals surface area contributed by atoms with Crippen LogP contribution >= 0.6 is 11.3 Å². The van der Waals surface area contributed by atoms with Crippen molar-refractivity contribution in [2.24, 2.45) is 17.8 Å². The van der Waals surface area contributed by atoms with Gasteiger partial charge in [-0.05, 0) is 76.4 Å². The molecule has 1 saturated carbocycles. The Morgan fingerprint density at radius 1 is 1.02 bits per heavy atom. The molecule has 2 heterocycles. The molecule has 0 spiro atoms. The number of carboxylic acids is 1. The summed E-state index contributed by atoms with van der Waals surface area (Å²) in [6, 6.07) is 8.30. The Morgan fingerprint density at radius 3 is 2.33 bits per heavy atom. The van der Waals surface area contributed by atoms with Gasteiger partial charge in [-0.2, -0.15) is 0 Å². The van der Waals surface area contributed by atoms with Crippen LogP contribution in [0.15, 0.2) is 35.7 Å². The number of rotatable bonds is 18. The number of piperidine rings is 1. The molecule has 1 aliphatic carbocycles. The maximum atomic E-state index is 14.4. The molecule has 3 amide bonds. The van der Waals surface area contributed by atoms with E-state index in [0.717, 1.165) is 57.1 Å². The van der Waals surface area contributed by atoms with Crippen molar-refractivity contribution in [2.75, 3.05) is 27.2 Å². The number of likely N-dealkylation sites (tertiary alicyclic amines) is 1. The highest BCUT2D eigenvalue weighted by Crippen LogP contribution is 2.33. The number of aliphatic carboxylic acids is 1. The highest BCUT2D eigenvalue weighted by molar-refractivity contribution is 7.09. The first kappa shape index (κ1) is 40.4. The molecule has 51 heavy (non-hydrogen) atoms. The third kappa shape index (κ3) is 11.3. The molecular formula is C39H59N5O6S. The average Bonchev–Trinajstić information content (AvgIpc) is 3.82. The number of ether oxygens (including phenoxy) is 1. The van der Waals surface area contributed by atoms with Gasteiger partial charge < -0.3 is 25.4 Å². The van der Waals surface area contributed by atoms with E-state index in [9.17, 15) is 24.3 Å². The number of carbonyl (C=O) groups is 4. The monoisotopic (exact) mass is 725 g/mol. The van der Waals surface area contributed by atoms with E-state index in [2.05, 4.69) is 29.4 Å². The summed E-state index contributed by atoms with van der Waals surface area (Å²) in [6.07, 6.45) is 7.66. The smallest absolute Gasteiger partial charge is 0.306 e. The van der Waals surface area contributed by atoms with E-state index in [1.165, 1.54) is 11.3 Å². The Hall–Kier alpha value is -3.35. The van der Waals surface area contributed by atoms with Gasteiger partial charge in [0.15, 0.2) is 0 Å². The molecule has 0 unspecified atom stereocenters. The zero-order valence-corrected chi connectivity index (χ0v) is 32.1. The Morgan fingerprint density at radius 2 is 1.71 bits per heavy atom. The zero-order valence-electron chi connectivity index (χ0n) is 31.3. The van der Waals surface area contributed by atoms with Crippen LogP contribution < -0.4 is 10.6 Å². The van der Waals surface area contributed by atoms with Crippen molar-refractivity contribution in [1.29, 1.82) is 0 Å². The molecule has 1 aromatic carbocycles. The van der Waals surface area contributed by atoms with Crippen molar-refractivity contribution < 1.29 is 29.0 Å². The Kier molecular flexibility index (Phi) is 15.4.